The van der Waals surface area contributed by atoms with Crippen LogP contribution in [0.1, 0.15) is 47.5 Å². The van der Waals surface area contributed by atoms with Gasteiger partial charge in [-0.2, -0.15) is 0 Å². The number of rotatable bonds is 6. The lowest BCUT2D eigenvalue weighted by Gasteiger charge is -2.28. The number of aromatic carboxylic acids is 1. The maximum atomic E-state index is 12.6. The predicted molar refractivity (Wildman–Crippen MR) is 87.6 cm³/mol. The van der Waals surface area contributed by atoms with Gasteiger partial charge in [0.2, 0.25) is 0 Å². The van der Waals surface area contributed by atoms with Gasteiger partial charge in [0.05, 0.1) is 17.9 Å². The summed E-state index contributed by atoms with van der Waals surface area (Å²) in [4.78, 5) is 25.3. The number of benzene rings is 1. The molecule has 6 heteroatoms. The first kappa shape index (κ1) is 16.1. The molecule has 24 heavy (non-hydrogen) atoms. The highest BCUT2D eigenvalue weighted by Gasteiger charge is 2.37. The highest BCUT2D eigenvalue weighted by atomic mass is 16.4. The minimum absolute atomic E-state index is 0.123. The van der Waals surface area contributed by atoms with E-state index in [1.54, 1.807) is 18.4 Å². The molecule has 1 aromatic carbocycles. The van der Waals surface area contributed by atoms with E-state index in [1.165, 1.54) is 12.1 Å². The van der Waals surface area contributed by atoms with Gasteiger partial charge in [-0.25, -0.2) is 9.59 Å². The number of carboxylic acids is 1. The van der Waals surface area contributed by atoms with Crippen molar-refractivity contribution in [1.82, 2.24) is 10.2 Å². The van der Waals surface area contributed by atoms with Crippen molar-refractivity contribution in [3.8, 4) is 0 Å². The fourth-order valence-corrected chi connectivity index (χ4v) is 2.71. The molecule has 1 heterocycles. The van der Waals surface area contributed by atoms with Gasteiger partial charge in [0, 0.05) is 12.6 Å². The number of urea groups is 1. The summed E-state index contributed by atoms with van der Waals surface area (Å²) in [7, 11) is 0. The van der Waals surface area contributed by atoms with Crippen molar-refractivity contribution < 1.29 is 19.1 Å². The van der Waals surface area contributed by atoms with E-state index in [1.807, 2.05) is 24.0 Å². The molecule has 0 spiro atoms. The molecule has 2 aromatic rings. The second kappa shape index (κ2) is 6.78. The minimum Gasteiger partial charge on any atom is -0.478 e. The Morgan fingerprint density at radius 3 is 2.54 bits per heavy atom. The van der Waals surface area contributed by atoms with Gasteiger partial charge in [-0.05, 0) is 49.6 Å². The predicted octanol–water partition coefficient (Wildman–Crippen LogP) is 3.41. The zero-order valence-electron chi connectivity index (χ0n) is 13.4. The van der Waals surface area contributed by atoms with E-state index in [9.17, 15) is 9.59 Å². The molecule has 1 aliphatic carbocycles. The number of furan rings is 1. The number of hydrogen-bond donors (Lipinski definition) is 2. The van der Waals surface area contributed by atoms with Crippen LogP contribution in [0.3, 0.4) is 0 Å². The van der Waals surface area contributed by atoms with Crippen molar-refractivity contribution >= 4 is 12.0 Å². The quantitative estimate of drug-likeness (QED) is 0.851. The third-order valence-corrected chi connectivity index (χ3v) is 4.19. The lowest BCUT2D eigenvalue weighted by Crippen LogP contribution is -2.42. The van der Waals surface area contributed by atoms with E-state index < -0.39 is 5.97 Å². The number of carbonyl (C=O) groups is 2. The molecule has 2 amide bonds. The fourth-order valence-electron chi connectivity index (χ4n) is 2.71. The van der Waals surface area contributed by atoms with E-state index >= 15 is 0 Å². The first-order valence-electron chi connectivity index (χ1n) is 7.98. The monoisotopic (exact) mass is 328 g/mol. The molecule has 6 nitrogen and oxygen atoms in total. The molecule has 1 aliphatic rings. The van der Waals surface area contributed by atoms with Crippen molar-refractivity contribution in [2.24, 2.45) is 0 Å². The van der Waals surface area contributed by atoms with Crippen molar-refractivity contribution in [2.75, 3.05) is 0 Å². The maximum Gasteiger partial charge on any atom is 0.335 e. The van der Waals surface area contributed by atoms with Gasteiger partial charge in [0.1, 0.15) is 5.76 Å². The van der Waals surface area contributed by atoms with E-state index in [2.05, 4.69) is 5.32 Å². The number of nitrogens with zero attached hydrogens (tertiary/aromatic N) is 1. The lowest BCUT2D eigenvalue weighted by molar-refractivity contribution is 0.0697. The zero-order valence-corrected chi connectivity index (χ0v) is 13.4. The summed E-state index contributed by atoms with van der Waals surface area (Å²) in [5.74, 6) is -0.194. The molecule has 0 saturated heterocycles. The summed E-state index contributed by atoms with van der Waals surface area (Å²) in [5, 5.41) is 11.8. The van der Waals surface area contributed by atoms with E-state index in [-0.39, 0.29) is 23.7 Å². The van der Waals surface area contributed by atoms with Gasteiger partial charge in [-0.15, -0.1) is 0 Å². The van der Waals surface area contributed by atoms with Crippen molar-refractivity contribution in [3.63, 3.8) is 0 Å². The van der Waals surface area contributed by atoms with Crippen LogP contribution in [0, 0.1) is 0 Å². The summed E-state index contributed by atoms with van der Waals surface area (Å²) in [5.41, 5.74) is 1.09. The number of nitrogens with one attached hydrogen (secondary N) is 1. The van der Waals surface area contributed by atoms with Gasteiger partial charge < -0.3 is 19.7 Å². The van der Waals surface area contributed by atoms with Crippen LogP contribution < -0.4 is 5.32 Å². The van der Waals surface area contributed by atoms with Gasteiger partial charge in [-0.3, -0.25) is 0 Å². The number of carboxylic acid groups (broad SMARTS) is 1. The van der Waals surface area contributed by atoms with Crippen LogP contribution in [-0.2, 0) is 6.54 Å². The third kappa shape index (κ3) is 3.59. The molecule has 2 N–H and O–H groups in total. The smallest absolute Gasteiger partial charge is 0.335 e. The van der Waals surface area contributed by atoms with Crippen molar-refractivity contribution in [1.29, 1.82) is 0 Å². The molecule has 1 saturated carbocycles. The summed E-state index contributed by atoms with van der Waals surface area (Å²) in [6.07, 6.45) is 3.62. The van der Waals surface area contributed by atoms with Gasteiger partial charge in [0.15, 0.2) is 0 Å². The second-order valence-electron chi connectivity index (χ2n) is 5.99. The van der Waals surface area contributed by atoms with Crippen LogP contribution in [0.25, 0.3) is 0 Å². The standard InChI is InChI=1S/C18H20N2O4/c1-12(16-3-2-10-24-16)20(15-8-9-15)18(23)19-11-13-4-6-14(7-5-13)17(21)22/h2-7,10,12,15H,8-9,11H2,1H3,(H,19,23)(H,21,22). The van der Waals surface area contributed by atoms with Gasteiger partial charge in [-0.1, -0.05) is 12.1 Å². The Morgan fingerprint density at radius 1 is 1.29 bits per heavy atom. The molecule has 0 radical (unpaired) electrons. The summed E-state index contributed by atoms with van der Waals surface area (Å²) in [6.45, 7) is 2.31. The maximum absolute atomic E-state index is 12.6. The van der Waals surface area contributed by atoms with Crippen LogP contribution in [0.15, 0.2) is 47.1 Å². The van der Waals surface area contributed by atoms with Crippen molar-refractivity contribution in [2.45, 2.75) is 38.4 Å². The lowest BCUT2D eigenvalue weighted by atomic mass is 10.1. The Hall–Kier alpha value is -2.76. The highest BCUT2D eigenvalue weighted by Crippen LogP contribution is 2.34. The van der Waals surface area contributed by atoms with E-state index in [0.29, 0.717) is 6.54 Å². The Bertz CT molecular complexity index is 705. The minimum atomic E-state index is -0.960. The second-order valence-corrected chi connectivity index (χ2v) is 5.99. The number of carbonyl (C=O) groups excluding carboxylic acids is 1. The third-order valence-electron chi connectivity index (χ3n) is 4.19. The van der Waals surface area contributed by atoms with Crippen LogP contribution >= 0.6 is 0 Å². The average molecular weight is 328 g/mol. The molecule has 1 unspecified atom stereocenters. The van der Waals surface area contributed by atoms with E-state index in [0.717, 1.165) is 24.2 Å². The van der Waals surface area contributed by atoms with Gasteiger partial charge in [0.25, 0.3) is 0 Å². The summed E-state index contributed by atoms with van der Waals surface area (Å²) < 4.78 is 5.43. The first-order valence-corrected chi connectivity index (χ1v) is 7.98. The molecule has 3 rings (SSSR count). The Balaban J connectivity index is 1.63. The highest BCUT2D eigenvalue weighted by molar-refractivity contribution is 5.87. The van der Waals surface area contributed by atoms with Crippen LogP contribution in [0.2, 0.25) is 0 Å². The zero-order chi connectivity index (χ0) is 17.1. The summed E-state index contributed by atoms with van der Waals surface area (Å²) in [6, 6.07) is 10.2. The Kier molecular flexibility index (Phi) is 4.55. The number of amides is 2. The molecule has 1 atom stereocenters. The molecule has 126 valence electrons. The molecule has 1 aromatic heterocycles. The van der Waals surface area contributed by atoms with Crippen molar-refractivity contribution in [3.05, 3.63) is 59.5 Å². The summed E-state index contributed by atoms with van der Waals surface area (Å²) >= 11 is 0. The average Bonchev–Trinajstić information content (AvgIpc) is 3.25. The normalized spacial score (nSPS) is 14.9. The first-order chi connectivity index (χ1) is 11.6. The Morgan fingerprint density at radius 2 is 2.00 bits per heavy atom. The van der Waals surface area contributed by atoms with Crippen LogP contribution in [0.5, 0.6) is 0 Å². The molecular formula is C18H20N2O4. The van der Waals surface area contributed by atoms with E-state index in [4.69, 9.17) is 9.52 Å². The molecular weight excluding hydrogens is 308 g/mol. The largest absolute Gasteiger partial charge is 0.478 e. The number of hydrogen-bond acceptors (Lipinski definition) is 3. The SMILES string of the molecule is CC(c1ccco1)N(C(=O)NCc1ccc(C(=O)O)cc1)C1CC1. The van der Waals surface area contributed by atoms with Crippen LogP contribution in [0.4, 0.5) is 4.79 Å². The Labute approximate surface area is 140 Å². The molecule has 0 bridgehead atoms. The fraction of sp³-hybridized carbons (Fsp3) is 0.333. The topological polar surface area (TPSA) is 82.8 Å². The molecule has 1 fully saturated rings. The van der Waals surface area contributed by atoms with Crippen LogP contribution in [-0.4, -0.2) is 28.0 Å². The molecule has 0 aliphatic heterocycles. The van der Waals surface area contributed by atoms with Gasteiger partial charge >= 0.3 is 12.0 Å².